The number of rotatable bonds is 6. The zero-order chi connectivity index (χ0) is 26.3. The highest BCUT2D eigenvalue weighted by Crippen LogP contribution is 2.30. The van der Waals surface area contributed by atoms with Gasteiger partial charge in [0.1, 0.15) is 11.6 Å². The highest BCUT2D eigenvalue weighted by Gasteiger charge is 2.43. The van der Waals surface area contributed by atoms with Crippen LogP contribution in [-0.4, -0.2) is 78.7 Å². The average molecular weight is 498 g/mol. The van der Waals surface area contributed by atoms with E-state index in [9.17, 15) is 14.9 Å². The fraction of sp³-hybridized carbons (Fsp3) is 0.615. The number of primary amides is 1. The van der Waals surface area contributed by atoms with Crippen molar-refractivity contribution in [3.63, 3.8) is 0 Å². The number of ether oxygens (including phenoxy) is 1. The number of nitrogens with zero attached hydrogens (tertiary/aromatic N) is 4. The quantitative estimate of drug-likeness (QED) is 0.406. The Hall–Kier alpha value is -3.16. The van der Waals surface area contributed by atoms with Crippen LogP contribution in [0, 0.1) is 16.7 Å². The summed E-state index contributed by atoms with van der Waals surface area (Å²) in [6.45, 7) is 11.3. The first-order valence-electron chi connectivity index (χ1n) is 12.5. The first kappa shape index (κ1) is 27.4. The summed E-state index contributed by atoms with van der Waals surface area (Å²) < 4.78 is 5.40. The molecule has 0 radical (unpaired) electrons. The molecule has 0 spiro atoms. The Kier molecular flexibility index (Phi) is 8.93. The zero-order valence-electron chi connectivity index (χ0n) is 21.8. The van der Waals surface area contributed by atoms with Gasteiger partial charge in [-0.05, 0) is 30.7 Å². The Morgan fingerprint density at radius 1 is 1.22 bits per heavy atom. The van der Waals surface area contributed by atoms with Gasteiger partial charge in [-0.2, -0.15) is 5.26 Å². The topological polar surface area (TPSA) is 136 Å². The molecule has 3 unspecified atom stereocenters. The molecule has 0 aliphatic carbocycles. The Morgan fingerprint density at radius 3 is 2.47 bits per heavy atom. The molecular weight excluding hydrogens is 458 g/mol. The van der Waals surface area contributed by atoms with Gasteiger partial charge in [0.05, 0.1) is 19.3 Å². The summed E-state index contributed by atoms with van der Waals surface area (Å²) in [6, 6.07) is 11.1. The van der Waals surface area contributed by atoms with Gasteiger partial charge in [0.25, 0.3) is 0 Å². The van der Waals surface area contributed by atoms with Crippen molar-refractivity contribution in [1.29, 1.82) is 5.26 Å². The van der Waals surface area contributed by atoms with E-state index in [1.54, 1.807) is 0 Å². The van der Waals surface area contributed by atoms with Gasteiger partial charge in [-0.1, -0.05) is 51.1 Å². The molecule has 3 atom stereocenters. The van der Waals surface area contributed by atoms with E-state index < -0.39 is 17.6 Å². The van der Waals surface area contributed by atoms with Gasteiger partial charge in [0, 0.05) is 32.2 Å². The fourth-order valence-electron chi connectivity index (χ4n) is 4.66. The minimum Gasteiger partial charge on any atom is -0.378 e. The number of carbonyl (C=O) groups is 2. The smallest absolute Gasteiger partial charge is 0.318 e. The van der Waals surface area contributed by atoms with Crippen LogP contribution in [-0.2, 0) is 9.53 Å². The molecule has 2 fully saturated rings. The van der Waals surface area contributed by atoms with E-state index in [-0.39, 0.29) is 23.3 Å². The highest BCUT2D eigenvalue weighted by atomic mass is 16.5. The van der Waals surface area contributed by atoms with Crippen LogP contribution in [0.25, 0.3) is 0 Å². The molecule has 3 rings (SSSR count). The van der Waals surface area contributed by atoms with E-state index in [2.05, 4.69) is 45.7 Å². The van der Waals surface area contributed by atoms with E-state index in [1.165, 1.54) is 5.56 Å². The van der Waals surface area contributed by atoms with Crippen molar-refractivity contribution in [3.05, 3.63) is 35.9 Å². The second kappa shape index (κ2) is 11.7. The normalized spacial score (nSPS) is 23.0. The lowest BCUT2D eigenvalue weighted by Crippen LogP contribution is -2.54. The second-order valence-electron chi connectivity index (χ2n) is 10.8. The number of hydrogen-bond donors (Lipinski definition) is 3. The molecule has 0 aromatic heterocycles. The van der Waals surface area contributed by atoms with Gasteiger partial charge < -0.3 is 20.7 Å². The number of guanidine groups is 1. The Labute approximate surface area is 213 Å². The van der Waals surface area contributed by atoms with Crippen molar-refractivity contribution in [2.45, 2.75) is 58.2 Å². The van der Waals surface area contributed by atoms with E-state index in [4.69, 9.17) is 10.5 Å². The molecule has 2 aliphatic heterocycles. The summed E-state index contributed by atoms with van der Waals surface area (Å²) in [4.78, 5) is 34.1. The van der Waals surface area contributed by atoms with Crippen LogP contribution in [0.3, 0.4) is 0 Å². The van der Waals surface area contributed by atoms with Crippen LogP contribution in [0.1, 0.15) is 52.1 Å². The predicted molar refractivity (Wildman–Crippen MR) is 138 cm³/mol. The Bertz CT molecular complexity index is 979. The van der Waals surface area contributed by atoms with Crippen LogP contribution in [0.2, 0.25) is 0 Å². The van der Waals surface area contributed by atoms with Gasteiger partial charge in [-0.3, -0.25) is 15.0 Å². The van der Waals surface area contributed by atoms with Crippen molar-refractivity contribution in [3.8, 4) is 6.07 Å². The molecule has 1 aromatic rings. The van der Waals surface area contributed by atoms with E-state index in [1.807, 2.05) is 43.9 Å². The molecule has 196 valence electrons. The van der Waals surface area contributed by atoms with E-state index >= 15 is 0 Å². The summed E-state index contributed by atoms with van der Waals surface area (Å²) in [5.74, 6) is -0.0790. The molecule has 0 saturated carbocycles. The van der Waals surface area contributed by atoms with E-state index in [0.717, 1.165) is 0 Å². The minimum atomic E-state index is -1.01. The van der Waals surface area contributed by atoms with Gasteiger partial charge in [0.15, 0.2) is 0 Å². The molecule has 1 aromatic carbocycles. The van der Waals surface area contributed by atoms with Crippen molar-refractivity contribution in [1.82, 2.24) is 20.4 Å². The molecule has 36 heavy (non-hydrogen) atoms. The third kappa shape index (κ3) is 7.42. The van der Waals surface area contributed by atoms with Crippen LogP contribution < -0.4 is 16.4 Å². The summed E-state index contributed by atoms with van der Waals surface area (Å²) in [5.41, 5.74) is 5.34. The average Bonchev–Trinajstić information content (AvgIpc) is 3.27. The molecule has 2 saturated heterocycles. The molecular formula is C26H39N7O3. The molecule has 10 nitrogen and oxygen atoms in total. The lowest BCUT2D eigenvalue weighted by molar-refractivity contribution is -0.124. The fourth-order valence-corrected chi connectivity index (χ4v) is 4.66. The van der Waals surface area contributed by atoms with Crippen LogP contribution >= 0.6 is 0 Å². The Morgan fingerprint density at radius 2 is 1.89 bits per heavy atom. The number of carbonyl (C=O) groups excluding carboxylic acids is 2. The predicted octanol–water partition coefficient (Wildman–Crippen LogP) is 1.99. The lowest BCUT2D eigenvalue weighted by atomic mass is 9.87. The standard InChI is InChI=1S/C26H39N7O3/c1-19(20-8-6-5-7-9-20)33-11-10-26(17-27,18-33)31-22(34)21(16-25(2,3)4)29-24(30-23(28)35)32-12-14-36-15-13-32/h5-9,19,21H,10-16,18H2,1-4H3,(H,31,34)(H3,28,29,30,35). The van der Waals surface area contributed by atoms with Crippen LogP contribution in [0.4, 0.5) is 4.79 Å². The van der Waals surface area contributed by atoms with Crippen LogP contribution in [0.15, 0.2) is 35.3 Å². The number of nitrogens with two attached hydrogens (primary N) is 1. The van der Waals surface area contributed by atoms with Crippen LogP contribution in [0.5, 0.6) is 0 Å². The second-order valence-corrected chi connectivity index (χ2v) is 10.8. The first-order chi connectivity index (χ1) is 17.0. The molecule has 3 amide bonds. The number of nitriles is 1. The van der Waals surface area contributed by atoms with Gasteiger partial charge in [-0.25, -0.2) is 9.79 Å². The number of likely N-dealkylation sites (tertiary alicyclic amines) is 1. The maximum atomic E-state index is 13.6. The number of morpholine rings is 1. The number of aliphatic imine (C=N–C) groups is 1. The molecule has 2 heterocycles. The summed E-state index contributed by atoms with van der Waals surface area (Å²) >= 11 is 0. The maximum Gasteiger partial charge on any atom is 0.318 e. The number of hydrogen-bond acceptors (Lipinski definition) is 6. The largest absolute Gasteiger partial charge is 0.378 e. The molecule has 4 N–H and O–H groups in total. The zero-order valence-corrected chi connectivity index (χ0v) is 21.8. The van der Waals surface area contributed by atoms with Crippen molar-refractivity contribution < 1.29 is 14.3 Å². The summed E-state index contributed by atoms with van der Waals surface area (Å²) in [5, 5.41) is 15.7. The van der Waals surface area contributed by atoms with E-state index in [0.29, 0.717) is 52.2 Å². The van der Waals surface area contributed by atoms with Crippen molar-refractivity contribution >= 4 is 17.9 Å². The van der Waals surface area contributed by atoms with Crippen molar-refractivity contribution in [2.24, 2.45) is 16.1 Å². The Balaban J connectivity index is 1.81. The number of nitrogens with one attached hydrogen (secondary N) is 2. The summed E-state index contributed by atoms with van der Waals surface area (Å²) in [7, 11) is 0. The number of urea groups is 1. The first-order valence-corrected chi connectivity index (χ1v) is 12.5. The lowest BCUT2D eigenvalue weighted by Gasteiger charge is -2.32. The van der Waals surface area contributed by atoms with Gasteiger partial charge >= 0.3 is 6.03 Å². The molecule has 10 heteroatoms. The van der Waals surface area contributed by atoms with Gasteiger partial charge in [-0.15, -0.1) is 0 Å². The number of benzene rings is 1. The monoisotopic (exact) mass is 497 g/mol. The van der Waals surface area contributed by atoms with Crippen molar-refractivity contribution in [2.75, 3.05) is 39.4 Å². The third-order valence-corrected chi connectivity index (χ3v) is 6.64. The van der Waals surface area contributed by atoms with Gasteiger partial charge in [0.2, 0.25) is 11.9 Å². The third-order valence-electron chi connectivity index (χ3n) is 6.64. The maximum absolute atomic E-state index is 13.6. The highest BCUT2D eigenvalue weighted by molar-refractivity contribution is 5.97. The minimum absolute atomic E-state index is 0.120. The summed E-state index contributed by atoms with van der Waals surface area (Å²) in [6.07, 6.45) is 0.951. The SMILES string of the molecule is CC(c1ccccc1)N1CCC(C#N)(NC(=O)C(CC(C)(C)C)N=C(NC(N)=O)N2CCOCC2)C1. The molecule has 0 bridgehead atoms. The molecule has 2 aliphatic rings. The number of amides is 3.